The number of rotatable bonds is 26. The van der Waals surface area contributed by atoms with Crippen LogP contribution in [0.1, 0.15) is 90.9 Å². The van der Waals surface area contributed by atoms with Gasteiger partial charge in [0, 0.05) is 13.0 Å². The van der Waals surface area contributed by atoms with Crippen molar-refractivity contribution in [2.45, 2.75) is 97.0 Å². The summed E-state index contributed by atoms with van der Waals surface area (Å²) in [6, 6.07) is 0. The van der Waals surface area contributed by atoms with Crippen LogP contribution in [0.2, 0.25) is 0 Å². The monoisotopic (exact) mass is 574 g/mol. The number of nitrogens with zero attached hydrogens (tertiary/aromatic N) is 1. The van der Waals surface area contributed by atoms with E-state index in [9.17, 15) is 14.3 Å². The van der Waals surface area contributed by atoms with Gasteiger partial charge < -0.3 is 18.9 Å². The fourth-order valence-corrected chi connectivity index (χ4v) is 4.13. The molecule has 0 amide bonds. The van der Waals surface area contributed by atoms with Crippen molar-refractivity contribution in [3.05, 3.63) is 36.5 Å². The van der Waals surface area contributed by atoms with Crippen LogP contribution in [-0.2, 0) is 27.9 Å². The predicted molar refractivity (Wildman–Crippen MR) is 159 cm³/mol. The second kappa shape index (κ2) is 24.5. The van der Waals surface area contributed by atoms with Crippen molar-refractivity contribution in [1.82, 2.24) is 0 Å². The Morgan fingerprint density at radius 3 is 2.15 bits per heavy atom. The first-order valence-corrected chi connectivity index (χ1v) is 16.2. The Kier molecular flexibility index (Phi) is 23.7. The van der Waals surface area contributed by atoms with Crippen LogP contribution in [0.4, 0.5) is 0 Å². The lowest BCUT2D eigenvalue weighted by molar-refractivity contribution is -0.870. The van der Waals surface area contributed by atoms with Gasteiger partial charge in [-0.15, -0.1) is 0 Å². The summed E-state index contributed by atoms with van der Waals surface area (Å²) in [6.45, 7) is 5.24. The van der Waals surface area contributed by atoms with E-state index in [0.717, 1.165) is 70.6 Å². The zero-order chi connectivity index (χ0) is 29.2. The molecule has 0 rings (SSSR count). The fourth-order valence-electron chi connectivity index (χ4n) is 3.39. The lowest BCUT2D eigenvalue weighted by atomic mass is 10.1. The minimum Gasteiger partial charge on any atom is -0.457 e. The zero-order valence-electron chi connectivity index (χ0n) is 25.4. The minimum absolute atomic E-state index is 0.0824. The summed E-state index contributed by atoms with van der Waals surface area (Å²) in [6.07, 6.45) is 23.9. The number of ether oxygens (including phenoxy) is 2. The standard InChI is InChI=1S/C30H56NO7P/c1-6-8-10-11-12-13-14-15-16-17-18-19-20-22-25-35-27-29(38-30(32)23-21-9-7-2)28-37-39(33,34)36-26-24-31(3,4)5/h8,10,12-13,15-16,29H,6-7,9,11,14,17-28H2,1-5H3/p+1/b10-8-,13-12-,16-15-. The van der Waals surface area contributed by atoms with E-state index in [0.29, 0.717) is 24.1 Å². The highest BCUT2D eigenvalue weighted by Crippen LogP contribution is 2.43. The smallest absolute Gasteiger partial charge is 0.457 e. The number of phosphoric acid groups is 1. The molecule has 0 spiro atoms. The van der Waals surface area contributed by atoms with Gasteiger partial charge >= 0.3 is 13.8 Å². The molecule has 2 unspecified atom stereocenters. The number of carbonyl (C=O) groups excluding carboxylic acids is 1. The molecular weight excluding hydrogens is 517 g/mol. The third-order valence-electron chi connectivity index (χ3n) is 5.72. The maximum absolute atomic E-state index is 12.2. The molecular formula is C30H57NO7P+. The highest BCUT2D eigenvalue weighted by molar-refractivity contribution is 7.47. The summed E-state index contributed by atoms with van der Waals surface area (Å²) in [4.78, 5) is 22.2. The van der Waals surface area contributed by atoms with Crippen molar-refractivity contribution in [3.8, 4) is 0 Å². The third kappa shape index (κ3) is 28.1. The molecule has 0 aliphatic rings. The molecule has 0 aromatic rings. The van der Waals surface area contributed by atoms with Crippen LogP contribution in [0.15, 0.2) is 36.5 Å². The molecule has 0 fully saturated rings. The number of phosphoric ester groups is 1. The average molecular weight is 575 g/mol. The molecule has 0 aliphatic carbocycles. The quantitative estimate of drug-likeness (QED) is 0.0386. The molecule has 9 heteroatoms. The molecule has 0 aromatic heterocycles. The number of likely N-dealkylation sites (N-methyl/N-ethyl adjacent to an activating group) is 1. The molecule has 0 heterocycles. The molecule has 0 saturated carbocycles. The third-order valence-corrected chi connectivity index (χ3v) is 6.70. The average Bonchev–Trinajstić information content (AvgIpc) is 2.86. The summed E-state index contributed by atoms with van der Waals surface area (Å²) < 4.78 is 34.2. The van der Waals surface area contributed by atoms with Crippen LogP contribution in [0.5, 0.6) is 0 Å². The van der Waals surface area contributed by atoms with Gasteiger partial charge in [-0.3, -0.25) is 13.8 Å². The second-order valence-electron chi connectivity index (χ2n) is 10.8. The first-order chi connectivity index (χ1) is 18.6. The molecule has 0 saturated heterocycles. The number of esters is 1. The van der Waals surface area contributed by atoms with Gasteiger partial charge in [0.2, 0.25) is 0 Å². The zero-order valence-corrected chi connectivity index (χ0v) is 26.2. The van der Waals surface area contributed by atoms with Crippen LogP contribution < -0.4 is 0 Å². The SMILES string of the molecule is CC/C=C\C/C=C\C/C=C\CCCCCCOCC(COP(=O)(O)OCC[N+](C)(C)C)OC(=O)CCCCC. The molecule has 0 radical (unpaired) electrons. The van der Waals surface area contributed by atoms with Crippen molar-refractivity contribution in [1.29, 1.82) is 0 Å². The van der Waals surface area contributed by atoms with Crippen LogP contribution in [0, 0.1) is 0 Å². The lowest BCUT2D eigenvalue weighted by Crippen LogP contribution is -2.37. The van der Waals surface area contributed by atoms with E-state index in [1.165, 1.54) is 0 Å². The summed E-state index contributed by atoms with van der Waals surface area (Å²) in [5.74, 6) is -0.351. The van der Waals surface area contributed by atoms with Crippen LogP contribution in [-0.4, -0.2) is 75.6 Å². The fraction of sp³-hybridized carbons (Fsp3) is 0.767. The van der Waals surface area contributed by atoms with Gasteiger partial charge in [0.15, 0.2) is 0 Å². The number of unbranched alkanes of at least 4 members (excludes halogenated alkanes) is 6. The summed E-state index contributed by atoms with van der Waals surface area (Å²) in [5.41, 5.74) is 0. The van der Waals surface area contributed by atoms with Crippen molar-refractivity contribution in [2.24, 2.45) is 0 Å². The summed E-state index contributed by atoms with van der Waals surface area (Å²) in [7, 11) is 1.64. The molecule has 0 aliphatic heterocycles. The van der Waals surface area contributed by atoms with Crippen LogP contribution in [0.25, 0.3) is 0 Å². The van der Waals surface area contributed by atoms with Gasteiger partial charge in [0.1, 0.15) is 19.3 Å². The van der Waals surface area contributed by atoms with E-state index < -0.39 is 13.9 Å². The molecule has 2 atom stereocenters. The van der Waals surface area contributed by atoms with E-state index in [1.54, 1.807) is 0 Å². The molecule has 0 aromatic carbocycles. The van der Waals surface area contributed by atoms with Gasteiger partial charge in [-0.1, -0.05) is 76.0 Å². The van der Waals surface area contributed by atoms with Crippen LogP contribution in [0.3, 0.4) is 0 Å². The topological polar surface area (TPSA) is 91.3 Å². The number of hydrogen-bond donors (Lipinski definition) is 1. The molecule has 1 N–H and O–H groups in total. The van der Waals surface area contributed by atoms with E-state index in [2.05, 4.69) is 50.3 Å². The first-order valence-electron chi connectivity index (χ1n) is 14.7. The van der Waals surface area contributed by atoms with Crippen molar-refractivity contribution in [2.75, 3.05) is 54.1 Å². The second-order valence-corrected chi connectivity index (χ2v) is 12.2. The first kappa shape index (κ1) is 37.7. The number of allylic oxidation sites excluding steroid dienone is 6. The Hall–Kier alpha value is -1.28. The maximum Gasteiger partial charge on any atom is 0.472 e. The Morgan fingerprint density at radius 2 is 1.49 bits per heavy atom. The Morgan fingerprint density at radius 1 is 0.821 bits per heavy atom. The van der Waals surface area contributed by atoms with Gasteiger partial charge in [-0.2, -0.15) is 0 Å². The highest BCUT2D eigenvalue weighted by atomic mass is 31.2. The van der Waals surface area contributed by atoms with Crippen molar-refractivity contribution >= 4 is 13.8 Å². The Labute approximate surface area is 238 Å². The van der Waals surface area contributed by atoms with Crippen LogP contribution >= 0.6 is 7.82 Å². The van der Waals surface area contributed by atoms with Gasteiger partial charge in [0.25, 0.3) is 0 Å². The van der Waals surface area contributed by atoms with E-state index in [4.69, 9.17) is 18.5 Å². The number of carbonyl (C=O) groups is 1. The lowest BCUT2D eigenvalue weighted by Gasteiger charge is -2.24. The van der Waals surface area contributed by atoms with E-state index >= 15 is 0 Å². The minimum atomic E-state index is -4.25. The summed E-state index contributed by atoms with van der Waals surface area (Å²) in [5, 5.41) is 0. The van der Waals surface area contributed by atoms with Gasteiger partial charge in [0.05, 0.1) is 34.4 Å². The van der Waals surface area contributed by atoms with E-state index in [-0.39, 0.29) is 25.8 Å². The van der Waals surface area contributed by atoms with Crippen molar-refractivity contribution < 1.29 is 37.3 Å². The molecule has 39 heavy (non-hydrogen) atoms. The molecule has 228 valence electrons. The largest absolute Gasteiger partial charge is 0.472 e. The number of hydrogen-bond acceptors (Lipinski definition) is 6. The predicted octanol–water partition coefficient (Wildman–Crippen LogP) is 7.14. The van der Waals surface area contributed by atoms with E-state index in [1.807, 2.05) is 21.1 Å². The number of quaternary nitrogens is 1. The maximum atomic E-state index is 12.2. The Balaban J connectivity index is 4.24. The molecule has 8 nitrogen and oxygen atoms in total. The van der Waals surface area contributed by atoms with Gasteiger partial charge in [-0.25, -0.2) is 4.57 Å². The molecule has 0 bridgehead atoms. The highest BCUT2D eigenvalue weighted by Gasteiger charge is 2.26. The van der Waals surface area contributed by atoms with Gasteiger partial charge in [-0.05, 0) is 44.9 Å². The Bertz CT molecular complexity index is 731. The van der Waals surface area contributed by atoms with Crippen molar-refractivity contribution in [3.63, 3.8) is 0 Å². The summed E-state index contributed by atoms with van der Waals surface area (Å²) >= 11 is 0. The normalized spacial score (nSPS) is 14.9.